The molecule has 0 atom stereocenters. The fraction of sp³-hybridized carbons (Fsp3) is 0.350. The third kappa shape index (κ3) is 4.19. The lowest BCUT2D eigenvalue weighted by Crippen LogP contribution is -2.06. The molecule has 3 aromatic heterocycles. The molecule has 0 unspecified atom stereocenters. The molecule has 3 heterocycles. The predicted octanol–water partition coefficient (Wildman–Crippen LogP) is 4.87. The van der Waals surface area contributed by atoms with E-state index in [0.29, 0.717) is 17.3 Å². The molecule has 0 bridgehead atoms. The Labute approximate surface area is 177 Å². The van der Waals surface area contributed by atoms with E-state index in [0.717, 1.165) is 35.9 Å². The van der Waals surface area contributed by atoms with Gasteiger partial charge in [-0.2, -0.15) is 4.98 Å². The number of aryl methyl sites for hydroxylation is 1. The first-order valence-corrected chi connectivity index (χ1v) is 10.3. The SMILES string of the molecule is CCCCC#Cc1cn(Cc2ncc(C)c(I)c2C)c2nc(N)nc(Cl)c12. The summed E-state index contributed by atoms with van der Waals surface area (Å²) in [5, 5.41) is 1.08. The number of rotatable bonds is 4. The van der Waals surface area contributed by atoms with Gasteiger partial charge in [0.2, 0.25) is 5.95 Å². The van der Waals surface area contributed by atoms with Gasteiger partial charge in [-0.25, -0.2) is 4.98 Å². The van der Waals surface area contributed by atoms with Crippen LogP contribution in [0.1, 0.15) is 48.6 Å². The second-order valence-electron chi connectivity index (χ2n) is 6.47. The molecular weight excluding hydrogens is 473 g/mol. The van der Waals surface area contributed by atoms with Crippen molar-refractivity contribution >= 4 is 51.2 Å². The van der Waals surface area contributed by atoms with E-state index in [2.05, 4.69) is 70.2 Å². The summed E-state index contributed by atoms with van der Waals surface area (Å²) in [4.78, 5) is 13.1. The zero-order chi connectivity index (χ0) is 19.6. The van der Waals surface area contributed by atoms with E-state index in [1.54, 1.807) is 0 Å². The maximum atomic E-state index is 6.37. The topological polar surface area (TPSA) is 69.6 Å². The van der Waals surface area contributed by atoms with E-state index in [-0.39, 0.29) is 5.95 Å². The van der Waals surface area contributed by atoms with Gasteiger partial charge in [-0.3, -0.25) is 4.98 Å². The van der Waals surface area contributed by atoms with Crippen molar-refractivity contribution in [2.24, 2.45) is 0 Å². The second kappa shape index (κ2) is 8.44. The van der Waals surface area contributed by atoms with E-state index in [4.69, 9.17) is 17.3 Å². The van der Waals surface area contributed by atoms with Crippen LogP contribution in [0.15, 0.2) is 12.4 Å². The smallest absolute Gasteiger partial charge is 0.223 e. The van der Waals surface area contributed by atoms with Gasteiger partial charge in [0.15, 0.2) is 0 Å². The number of aromatic nitrogens is 4. The third-order valence-corrected chi connectivity index (χ3v) is 6.34. The van der Waals surface area contributed by atoms with Crippen molar-refractivity contribution in [3.63, 3.8) is 0 Å². The van der Waals surface area contributed by atoms with Gasteiger partial charge in [0, 0.05) is 22.4 Å². The van der Waals surface area contributed by atoms with Crippen molar-refractivity contribution in [1.82, 2.24) is 19.5 Å². The average molecular weight is 494 g/mol. The monoisotopic (exact) mass is 493 g/mol. The number of pyridine rings is 1. The summed E-state index contributed by atoms with van der Waals surface area (Å²) in [5.41, 5.74) is 10.7. The Morgan fingerprint density at radius 2 is 2.07 bits per heavy atom. The highest BCUT2D eigenvalue weighted by Gasteiger charge is 2.16. The average Bonchev–Trinajstić information content (AvgIpc) is 2.97. The molecule has 0 amide bonds. The van der Waals surface area contributed by atoms with Gasteiger partial charge in [-0.05, 0) is 54.0 Å². The molecule has 0 aliphatic rings. The Morgan fingerprint density at radius 3 is 2.81 bits per heavy atom. The summed E-state index contributed by atoms with van der Waals surface area (Å²) in [6.07, 6.45) is 6.92. The Kier molecular flexibility index (Phi) is 6.22. The standard InChI is InChI=1S/C20H21ClIN5/c1-4-5-6-7-8-14-10-27(19-16(14)18(21)25-20(23)26-19)11-15-13(3)17(22)12(2)9-24-15/h9-10H,4-6,11H2,1-3H3,(H2,23,25,26). The van der Waals surface area contributed by atoms with Gasteiger partial charge in [0.05, 0.1) is 23.2 Å². The van der Waals surface area contributed by atoms with Crippen LogP contribution in [0.4, 0.5) is 5.95 Å². The minimum atomic E-state index is 0.153. The van der Waals surface area contributed by atoms with Crippen molar-refractivity contribution < 1.29 is 0 Å². The highest BCUT2D eigenvalue weighted by Crippen LogP contribution is 2.28. The van der Waals surface area contributed by atoms with Crippen LogP contribution < -0.4 is 5.73 Å². The second-order valence-corrected chi connectivity index (χ2v) is 7.91. The fourth-order valence-corrected chi connectivity index (χ4v) is 3.59. The molecule has 27 heavy (non-hydrogen) atoms. The van der Waals surface area contributed by atoms with E-state index in [1.165, 1.54) is 14.7 Å². The van der Waals surface area contributed by atoms with Gasteiger partial charge in [-0.15, -0.1) is 0 Å². The van der Waals surface area contributed by atoms with Gasteiger partial charge in [0.1, 0.15) is 10.8 Å². The molecule has 0 aliphatic carbocycles. The minimum Gasteiger partial charge on any atom is -0.368 e. The fourth-order valence-electron chi connectivity index (χ4n) is 2.87. The highest BCUT2D eigenvalue weighted by atomic mass is 127. The molecule has 3 aromatic rings. The molecule has 0 aliphatic heterocycles. The number of nitrogens with zero attached hydrogens (tertiary/aromatic N) is 4. The van der Waals surface area contributed by atoms with Gasteiger partial charge >= 0.3 is 0 Å². The lowest BCUT2D eigenvalue weighted by atomic mass is 10.1. The van der Waals surface area contributed by atoms with Crippen LogP contribution in [-0.4, -0.2) is 19.5 Å². The van der Waals surface area contributed by atoms with Crippen LogP contribution in [0.3, 0.4) is 0 Å². The molecule has 7 heteroatoms. The number of hydrogen-bond acceptors (Lipinski definition) is 4. The first kappa shape index (κ1) is 19.9. The lowest BCUT2D eigenvalue weighted by molar-refractivity contribution is 0.786. The van der Waals surface area contributed by atoms with Crippen molar-refractivity contribution in [2.75, 3.05) is 5.73 Å². The lowest BCUT2D eigenvalue weighted by Gasteiger charge is -2.10. The number of fused-ring (bicyclic) bond motifs is 1. The molecule has 0 spiro atoms. The summed E-state index contributed by atoms with van der Waals surface area (Å²) in [5.74, 6) is 6.60. The van der Waals surface area contributed by atoms with Crippen molar-refractivity contribution in [3.8, 4) is 11.8 Å². The third-order valence-electron chi connectivity index (χ3n) is 4.41. The summed E-state index contributed by atoms with van der Waals surface area (Å²) in [7, 11) is 0. The molecule has 140 valence electrons. The molecule has 3 rings (SSSR count). The van der Waals surface area contributed by atoms with Gasteiger partial charge < -0.3 is 10.3 Å². The van der Waals surface area contributed by atoms with Crippen molar-refractivity contribution in [2.45, 2.75) is 46.6 Å². The predicted molar refractivity (Wildman–Crippen MR) is 119 cm³/mol. The minimum absolute atomic E-state index is 0.153. The number of anilines is 1. The largest absolute Gasteiger partial charge is 0.368 e. The van der Waals surface area contributed by atoms with Crippen LogP contribution in [0.5, 0.6) is 0 Å². The summed E-state index contributed by atoms with van der Waals surface area (Å²) in [6.45, 7) is 6.88. The number of halogens is 2. The van der Waals surface area contributed by atoms with Gasteiger partial charge in [-0.1, -0.05) is 36.8 Å². The molecule has 0 fully saturated rings. The number of nitrogen functional groups attached to an aromatic ring is 1. The Hall–Kier alpha value is -1.85. The molecular formula is C20H21ClIN5. The highest BCUT2D eigenvalue weighted by molar-refractivity contribution is 14.1. The summed E-state index contributed by atoms with van der Waals surface area (Å²) >= 11 is 8.73. The maximum absolute atomic E-state index is 6.37. The Morgan fingerprint density at radius 1 is 1.30 bits per heavy atom. The quantitative estimate of drug-likeness (QED) is 0.244. The van der Waals surface area contributed by atoms with Crippen LogP contribution in [0, 0.1) is 29.3 Å². The zero-order valence-electron chi connectivity index (χ0n) is 15.6. The molecule has 0 saturated heterocycles. The summed E-state index contributed by atoms with van der Waals surface area (Å²) < 4.78 is 3.23. The van der Waals surface area contributed by atoms with E-state index in [9.17, 15) is 0 Å². The Bertz CT molecular complexity index is 1060. The molecule has 5 nitrogen and oxygen atoms in total. The Balaban J connectivity index is 2.10. The van der Waals surface area contributed by atoms with Crippen LogP contribution in [-0.2, 0) is 6.54 Å². The first-order valence-electron chi connectivity index (χ1n) is 8.83. The molecule has 0 radical (unpaired) electrons. The van der Waals surface area contributed by atoms with Crippen LogP contribution >= 0.6 is 34.2 Å². The molecule has 2 N–H and O–H groups in total. The van der Waals surface area contributed by atoms with E-state index >= 15 is 0 Å². The number of nitrogens with two attached hydrogens (primary N) is 1. The first-order chi connectivity index (χ1) is 12.9. The van der Waals surface area contributed by atoms with Crippen molar-refractivity contribution in [1.29, 1.82) is 0 Å². The van der Waals surface area contributed by atoms with E-state index < -0.39 is 0 Å². The summed E-state index contributed by atoms with van der Waals surface area (Å²) in [6, 6.07) is 0. The zero-order valence-corrected chi connectivity index (χ0v) is 18.5. The van der Waals surface area contributed by atoms with Crippen LogP contribution in [0.2, 0.25) is 5.15 Å². The van der Waals surface area contributed by atoms with Gasteiger partial charge in [0.25, 0.3) is 0 Å². The number of hydrogen-bond donors (Lipinski definition) is 1. The maximum Gasteiger partial charge on any atom is 0.223 e. The van der Waals surface area contributed by atoms with E-state index in [1.807, 2.05) is 17.0 Å². The van der Waals surface area contributed by atoms with Crippen LogP contribution in [0.25, 0.3) is 11.0 Å². The molecule has 0 aromatic carbocycles. The molecule has 0 saturated carbocycles. The number of unbranched alkanes of at least 4 members (excludes halogenated alkanes) is 2. The van der Waals surface area contributed by atoms with Crippen molar-refractivity contribution in [3.05, 3.63) is 43.5 Å². The normalized spacial score (nSPS) is 10.9.